The van der Waals surface area contributed by atoms with E-state index in [1.807, 2.05) is 0 Å². The van der Waals surface area contributed by atoms with E-state index in [1.165, 1.54) is 0 Å². The van der Waals surface area contributed by atoms with E-state index in [0.717, 1.165) is 5.57 Å². The van der Waals surface area contributed by atoms with Crippen molar-refractivity contribution in [1.82, 2.24) is 5.32 Å². The third kappa shape index (κ3) is 7.20. The second-order valence-corrected chi connectivity index (χ2v) is 4.28. The minimum Gasteiger partial charge on any atom is -0.480 e. The zero-order chi connectivity index (χ0) is 15.0. The van der Waals surface area contributed by atoms with Gasteiger partial charge in [-0.05, 0) is 26.7 Å². The summed E-state index contributed by atoms with van der Waals surface area (Å²) < 4.78 is 0. The highest BCUT2D eigenvalue weighted by Gasteiger charge is 2.21. The molecule has 0 radical (unpaired) electrons. The molecule has 0 fully saturated rings. The predicted molar refractivity (Wildman–Crippen MR) is 68.5 cm³/mol. The number of allylic oxidation sites excluding steroid dienone is 1. The van der Waals surface area contributed by atoms with E-state index in [1.54, 1.807) is 19.9 Å². The Balaban J connectivity index is 4.33. The topological polar surface area (TPSA) is 130 Å². The summed E-state index contributed by atoms with van der Waals surface area (Å²) >= 11 is 0. The summed E-state index contributed by atoms with van der Waals surface area (Å²) in [5, 5.41) is 19.9. The Kier molecular flexibility index (Phi) is 7.43. The maximum atomic E-state index is 11.5. The summed E-state index contributed by atoms with van der Waals surface area (Å²) in [5.74, 6) is -2.84. The molecule has 0 aliphatic carbocycles. The molecule has 0 rings (SSSR count). The summed E-state index contributed by atoms with van der Waals surface area (Å²) in [4.78, 5) is 33.0. The standard InChI is InChI=1S/C12H20N2O5/c1-3-7(2)6-9(12(18)19)14-10(15)5-4-8(13)11(16)17/h3,8-9H,4-6,13H2,1-2H3,(H,14,15)(H,16,17)(H,18,19)/b7-3+/t8-,9-/m0/s1. The summed E-state index contributed by atoms with van der Waals surface area (Å²) in [5.41, 5.74) is 6.10. The van der Waals surface area contributed by atoms with Crippen molar-refractivity contribution >= 4 is 17.8 Å². The number of carboxylic acid groups (broad SMARTS) is 2. The number of hydrogen-bond acceptors (Lipinski definition) is 4. The second kappa shape index (κ2) is 8.25. The number of amides is 1. The van der Waals surface area contributed by atoms with Crippen LogP contribution in [0.3, 0.4) is 0 Å². The molecule has 0 saturated heterocycles. The van der Waals surface area contributed by atoms with Crippen LogP contribution in [-0.2, 0) is 14.4 Å². The largest absolute Gasteiger partial charge is 0.480 e. The Morgan fingerprint density at radius 1 is 1.26 bits per heavy atom. The Bertz CT molecular complexity index is 378. The number of nitrogens with one attached hydrogen (secondary N) is 1. The van der Waals surface area contributed by atoms with Gasteiger partial charge in [0, 0.05) is 6.42 Å². The van der Waals surface area contributed by atoms with Gasteiger partial charge < -0.3 is 21.3 Å². The summed E-state index contributed by atoms with van der Waals surface area (Å²) in [6, 6.07) is -2.13. The van der Waals surface area contributed by atoms with Crippen LogP contribution in [0.4, 0.5) is 0 Å². The molecule has 0 aliphatic rings. The Morgan fingerprint density at radius 2 is 1.84 bits per heavy atom. The van der Waals surface area contributed by atoms with Gasteiger partial charge in [-0.1, -0.05) is 11.6 Å². The molecular weight excluding hydrogens is 252 g/mol. The molecule has 5 N–H and O–H groups in total. The molecule has 0 aromatic rings. The highest BCUT2D eigenvalue weighted by Crippen LogP contribution is 2.05. The number of rotatable bonds is 8. The summed E-state index contributed by atoms with van der Waals surface area (Å²) in [6.45, 7) is 3.55. The minimum atomic E-state index is -1.19. The van der Waals surface area contributed by atoms with Gasteiger partial charge >= 0.3 is 11.9 Å². The first-order chi connectivity index (χ1) is 8.77. The Morgan fingerprint density at radius 3 is 2.26 bits per heavy atom. The van der Waals surface area contributed by atoms with Crippen molar-refractivity contribution in [3.8, 4) is 0 Å². The zero-order valence-corrected chi connectivity index (χ0v) is 11.0. The molecular formula is C12H20N2O5. The molecule has 0 aromatic carbocycles. The van der Waals surface area contributed by atoms with Crippen molar-refractivity contribution in [1.29, 1.82) is 0 Å². The molecule has 0 aromatic heterocycles. The van der Waals surface area contributed by atoms with Gasteiger partial charge in [0.25, 0.3) is 0 Å². The maximum Gasteiger partial charge on any atom is 0.326 e. The third-order valence-electron chi connectivity index (χ3n) is 2.65. The van der Waals surface area contributed by atoms with E-state index >= 15 is 0 Å². The van der Waals surface area contributed by atoms with E-state index in [2.05, 4.69) is 5.32 Å². The van der Waals surface area contributed by atoms with Crippen molar-refractivity contribution in [2.45, 2.75) is 45.2 Å². The lowest BCUT2D eigenvalue weighted by atomic mass is 10.1. The molecule has 0 spiro atoms. The third-order valence-corrected chi connectivity index (χ3v) is 2.65. The van der Waals surface area contributed by atoms with Crippen molar-refractivity contribution in [2.24, 2.45) is 5.73 Å². The molecule has 0 saturated carbocycles. The lowest BCUT2D eigenvalue weighted by molar-refractivity contribution is -0.142. The van der Waals surface area contributed by atoms with E-state index in [-0.39, 0.29) is 19.3 Å². The highest BCUT2D eigenvalue weighted by molar-refractivity contribution is 5.84. The first-order valence-electron chi connectivity index (χ1n) is 5.90. The van der Waals surface area contributed by atoms with E-state index < -0.39 is 29.9 Å². The van der Waals surface area contributed by atoms with E-state index in [9.17, 15) is 14.4 Å². The quantitative estimate of drug-likeness (QED) is 0.464. The van der Waals surface area contributed by atoms with Crippen LogP contribution in [-0.4, -0.2) is 40.1 Å². The van der Waals surface area contributed by atoms with E-state index in [0.29, 0.717) is 0 Å². The molecule has 0 unspecified atom stereocenters. The van der Waals surface area contributed by atoms with Gasteiger partial charge in [-0.25, -0.2) is 4.79 Å². The van der Waals surface area contributed by atoms with Crippen molar-refractivity contribution in [3.63, 3.8) is 0 Å². The van der Waals surface area contributed by atoms with Crippen LogP contribution in [0.1, 0.15) is 33.1 Å². The van der Waals surface area contributed by atoms with Gasteiger partial charge in [0.2, 0.25) is 5.91 Å². The average Bonchev–Trinajstić information content (AvgIpc) is 2.34. The molecule has 19 heavy (non-hydrogen) atoms. The summed E-state index contributed by atoms with van der Waals surface area (Å²) in [6.07, 6.45) is 1.83. The molecule has 1 amide bonds. The van der Waals surface area contributed by atoms with E-state index in [4.69, 9.17) is 15.9 Å². The van der Waals surface area contributed by atoms with Crippen molar-refractivity contribution in [2.75, 3.05) is 0 Å². The normalized spacial score (nSPS) is 14.6. The highest BCUT2D eigenvalue weighted by atomic mass is 16.4. The lowest BCUT2D eigenvalue weighted by Crippen LogP contribution is -2.41. The number of hydrogen-bond donors (Lipinski definition) is 4. The van der Waals surface area contributed by atoms with Crippen LogP contribution in [0.25, 0.3) is 0 Å². The number of nitrogens with two attached hydrogens (primary N) is 1. The zero-order valence-electron chi connectivity index (χ0n) is 11.0. The molecule has 2 atom stereocenters. The molecule has 108 valence electrons. The molecule has 7 heteroatoms. The van der Waals surface area contributed by atoms with Crippen LogP contribution in [0.2, 0.25) is 0 Å². The first-order valence-corrected chi connectivity index (χ1v) is 5.90. The molecule has 0 aliphatic heterocycles. The Hall–Kier alpha value is -1.89. The number of carbonyl (C=O) groups excluding carboxylic acids is 1. The van der Waals surface area contributed by atoms with Crippen LogP contribution in [0.5, 0.6) is 0 Å². The summed E-state index contributed by atoms with van der Waals surface area (Å²) in [7, 11) is 0. The predicted octanol–water partition coefficient (Wildman–Crippen LogP) is 0.104. The number of carboxylic acids is 2. The fourth-order valence-electron chi connectivity index (χ4n) is 1.32. The minimum absolute atomic E-state index is 0.0316. The SMILES string of the molecule is C/C=C(\C)C[C@H](NC(=O)CC[C@H](N)C(=O)O)C(=O)O. The van der Waals surface area contributed by atoms with Gasteiger partial charge in [0.1, 0.15) is 12.1 Å². The maximum absolute atomic E-state index is 11.5. The van der Waals surface area contributed by atoms with Crippen molar-refractivity contribution < 1.29 is 24.6 Å². The lowest BCUT2D eigenvalue weighted by Gasteiger charge is -2.15. The molecule has 7 nitrogen and oxygen atoms in total. The fourth-order valence-corrected chi connectivity index (χ4v) is 1.32. The number of carbonyl (C=O) groups is 3. The smallest absolute Gasteiger partial charge is 0.326 e. The molecule has 0 bridgehead atoms. The molecule has 0 heterocycles. The van der Waals surface area contributed by atoms with Crippen LogP contribution >= 0.6 is 0 Å². The van der Waals surface area contributed by atoms with Crippen LogP contribution < -0.4 is 11.1 Å². The number of aliphatic carboxylic acids is 2. The van der Waals surface area contributed by atoms with Gasteiger partial charge in [-0.2, -0.15) is 0 Å². The fraction of sp³-hybridized carbons (Fsp3) is 0.583. The van der Waals surface area contributed by atoms with Gasteiger partial charge in [-0.3, -0.25) is 9.59 Å². The second-order valence-electron chi connectivity index (χ2n) is 4.28. The van der Waals surface area contributed by atoms with Gasteiger partial charge in [0.15, 0.2) is 0 Å². The van der Waals surface area contributed by atoms with Crippen molar-refractivity contribution in [3.05, 3.63) is 11.6 Å². The van der Waals surface area contributed by atoms with Crippen LogP contribution in [0.15, 0.2) is 11.6 Å². The van der Waals surface area contributed by atoms with Gasteiger partial charge in [-0.15, -0.1) is 0 Å². The average molecular weight is 272 g/mol. The first kappa shape index (κ1) is 17.1. The monoisotopic (exact) mass is 272 g/mol. The van der Waals surface area contributed by atoms with Gasteiger partial charge in [0.05, 0.1) is 0 Å². The Labute approximate surface area is 111 Å². The van der Waals surface area contributed by atoms with Crippen LogP contribution in [0, 0.1) is 0 Å².